The normalized spacial score (nSPS) is 14.3. The van der Waals surface area contributed by atoms with Gasteiger partial charge < -0.3 is 10.6 Å². The van der Waals surface area contributed by atoms with Gasteiger partial charge in [0.05, 0.1) is 0 Å². The summed E-state index contributed by atoms with van der Waals surface area (Å²) in [5.41, 5.74) is 9.40. The molecule has 0 bridgehead atoms. The summed E-state index contributed by atoms with van der Waals surface area (Å²) in [6.07, 6.45) is 2.51. The number of nitrogens with zero attached hydrogens (tertiary/aromatic N) is 2. The zero-order valence-electron chi connectivity index (χ0n) is 11.9. The van der Waals surface area contributed by atoms with Gasteiger partial charge in [-0.25, -0.2) is 4.98 Å². The number of benzene rings is 1. The highest BCUT2D eigenvalue weighted by atomic mass is 15.2. The van der Waals surface area contributed by atoms with Gasteiger partial charge in [-0.1, -0.05) is 36.4 Å². The van der Waals surface area contributed by atoms with E-state index in [1.54, 1.807) is 0 Å². The molecule has 0 atom stereocenters. The van der Waals surface area contributed by atoms with E-state index in [2.05, 4.69) is 41.3 Å². The molecular formula is C17H21N3. The molecule has 1 heterocycles. The Morgan fingerprint density at radius 3 is 2.55 bits per heavy atom. The maximum atomic E-state index is 5.89. The van der Waals surface area contributed by atoms with Gasteiger partial charge in [-0.2, -0.15) is 0 Å². The van der Waals surface area contributed by atoms with Crippen molar-refractivity contribution in [1.29, 1.82) is 0 Å². The lowest BCUT2D eigenvalue weighted by Crippen LogP contribution is -2.28. The molecule has 0 saturated heterocycles. The fourth-order valence-corrected chi connectivity index (χ4v) is 2.52. The first kappa shape index (κ1) is 13.1. The minimum absolute atomic E-state index is 0.542. The Bertz CT molecular complexity index is 576. The number of aryl methyl sites for hydroxylation is 1. The zero-order valence-corrected chi connectivity index (χ0v) is 11.9. The van der Waals surface area contributed by atoms with Crippen LogP contribution in [-0.2, 0) is 13.1 Å². The maximum absolute atomic E-state index is 5.89. The lowest BCUT2D eigenvalue weighted by molar-refractivity contribution is 0.765. The summed E-state index contributed by atoms with van der Waals surface area (Å²) in [5, 5.41) is 0. The fraction of sp³-hybridized carbons (Fsp3) is 0.353. The summed E-state index contributed by atoms with van der Waals surface area (Å²) in [6.45, 7) is 3.49. The molecule has 104 valence electrons. The van der Waals surface area contributed by atoms with Crippen LogP contribution in [0, 0.1) is 6.92 Å². The van der Waals surface area contributed by atoms with Crippen molar-refractivity contribution in [2.24, 2.45) is 5.73 Å². The van der Waals surface area contributed by atoms with Gasteiger partial charge in [0.1, 0.15) is 5.82 Å². The first-order valence-corrected chi connectivity index (χ1v) is 7.25. The van der Waals surface area contributed by atoms with E-state index in [1.807, 2.05) is 13.0 Å². The Kier molecular flexibility index (Phi) is 3.70. The van der Waals surface area contributed by atoms with E-state index in [-0.39, 0.29) is 0 Å². The van der Waals surface area contributed by atoms with Crippen molar-refractivity contribution < 1.29 is 0 Å². The standard InChI is InChI=1S/C17H21N3/c1-13-7-8-15(11-18)17(19-13)20(16-9-10-16)12-14-5-3-2-4-6-14/h2-8,16H,9-12,18H2,1H3. The van der Waals surface area contributed by atoms with Crippen molar-refractivity contribution in [1.82, 2.24) is 4.98 Å². The molecule has 0 unspecified atom stereocenters. The fourth-order valence-electron chi connectivity index (χ4n) is 2.52. The molecule has 1 fully saturated rings. The van der Waals surface area contributed by atoms with Gasteiger partial charge in [0.2, 0.25) is 0 Å². The van der Waals surface area contributed by atoms with Crippen LogP contribution in [0.4, 0.5) is 5.82 Å². The molecule has 0 aliphatic heterocycles. The molecule has 2 aromatic rings. The van der Waals surface area contributed by atoms with Gasteiger partial charge in [-0.15, -0.1) is 0 Å². The van der Waals surface area contributed by atoms with Crippen molar-refractivity contribution in [3.05, 3.63) is 59.3 Å². The molecule has 3 heteroatoms. The summed E-state index contributed by atoms with van der Waals surface area (Å²) in [7, 11) is 0. The number of rotatable bonds is 5. The molecule has 2 N–H and O–H groups in total. The van der Waals surface area contributed by atoms with E-state index in [4.69, 9.17) is 10.7 Å². The van der Waals surface area contributed by atoms with Crippen LogP contribution in [0.15, 0.2) is 42.5 Å². The third kappa shape index (κ3) is 2.83. The number of nitrogens with two attached hydrogens (primary N) is 1. The summed E-state index contributed by atoms with van der Waals surface area (Å²) in [5.74, 6) is 1.07. The van der Waals surface area contributed by atoms with Crippen LogP contribution in [0.3, 0.4) is 0 Å². The lowest BCUT2D eigenvalue weighted by atomic mass is 10.1. The van der Waals surface area contributed by atoms with E-state index in [1.165, 1.54) is 18.4 Å². The average molecular weight is 267 g/mol. The number of hydrogen-bond donors (Lipinski definition) is 1. The van der Waals surface area contributed by atoms with Crippen molar-refractivity contribution >= 4 is 5.82 Å². The highest BCUT2D eigenvalue weighted by Gasteiger charge is 2.31. The quantitative estimate of drug-likeness (QED) is 0.905. The average Bonchev–Trinajstić information content (AvgIpc) is 3.30. The monoisotopic (exact) mass is 267 g/mol. The van der Waals surface area contributed by atoms with Crippen molar-refractivity contribution in [3.8, 4) is 0 Å². The van der Waals surface area contributed by atoms with Crippen molar-refractivity contribution in [2.75, 3.05) is 4.90 Å². The number of aromatic nitrogens is 1. The maximum Gasteiger partial charge on any atom is 0.133 e. The molecule has 1 aromatic carbocycles. The second kappa shape index (κ2) is 5.63. The van der Waals surface area contributed by atoms with Gasteiger partial charge in [-0.05, 0) is 31.4 Å². The summed E-state index contributed by atoms with van der Waals surface area (Å²) in [6, 6.07) is 15.4. The van der Waals surface area contributed by atoms with Crippen LogP contribution in [0.2, 0.25) is 0 Å². The number of anilines is 1. The van der Waals surface area contributed by atoms with Gasteiger partial charge in [-0.3, -0.25) is 0 Å². The SMILES string of the molecule is Cc1ccc(CN)c(N(Cc2ccccc2)C2CC2)n1. The topological polar surface area (TPSA) is 42.1 Å². The summed E-state index contributed by atoms with van der Waals surface area (Å²) in [4.78, 5) is 7.17. The van der Waals surface area contributed by atoms with Gasteiger partial charge in [0, 0.05) is 30.4 Å². The van der Waals surface area contributed by atoms with Crippen LogP contribution < -0.4 is 10.6 Å². The molecule has 0 spiro atoms. The molecule has 0 amide bonds. The first-order chi connectivity index (χ1) is 9.78. The van der Waals surface area contributed by atoms with Crippen LogP contribution >= 0.6 is 0 Å². The number of pyridine rings is 1. The third-order valence-electron chi connectivity index (χ3n) is 3.77. The van der Waals surface area contributed by atoms with E-state index in [0.717, 1.165) is 23.6 Å². The molecule has 1 aliphatic rings. The van der Waals surface area contributed by atoms with Crippen LogP contribution in [0.25, 0.3) is 0 Å². The molecule has 1 saturated carbocycles. The van der Waals surface area contributed by atoms with Crippen LogP contribution in [0.1, 0.15) is 29.7 Å². The Morgan fingerprint density at radius 2 is 1.90 bits per heavy atom. The highest BCUT2D eigenvalue weighted by Crippen LogP contribution is 2.33. The second-order valence-corrected chi connectivity index (χ2v) is 5.48. The molecule has 0 radical (unpaired) electrons. The van der Waals surface area contributed by atoms with Crippen LogP contribution in [0.5, 0.6) is 0 Å². The molecule has 1 aromatic heterocycles. The van der Waals surface area contributed by atoms with Crippen LogP contribution in [-0.4, -0.2) is 11.0 Å². The Morgan fingerprint density at radius 1 is 1.15 bits per heavy atom. The summed E-state index contributed by atoms with van der Waals surface area (Å²) < 4.78 is 0. The summed E-state index contributed by atoms with van der Waals surface area (Å²) >= 11 is 0. The van der Waals surface area contributed by atoms with E-state index in [0.29, 0.717) is 12.6 Å². The van der Waals surface area contributed by atoms with Gasteiger partial charge in [0.15, 0.2) is 0 Å². The molecule has 3 rings (SSSR count). The second-order valence-electron chi connectivity index (χ2n) is 5.48. The van der Waals surface area contributed by atoms with E-state index < -0.39 is 0 Å². The minimum atomic E-state index is 0.542. The zero-order chi connectivity index (χ0) is 13.9. The minimum Gasteiger partial charge on any atom is -0.349 e. The molecule has 3 nitrogen and oxygen atoms in total. The Hall–Kier alpha value is -1.87. The van der Waals surface area contributed by atoms with Gasteiger partial charge >= 0.3 is 0 Å². The molecule has 20 heavy (non-hydrogen) atoms. The number of hydrogen-bond acceptors (Lipinski definition) is 3. The van der Waals surface area contributed by atoms with E-state index in [9.17, 15) is 0 Å². The largest absolute Gasteiger partial charge is 0.349 e. The highest BCUT2D eigenvalue weighted by molar-refractivity contribution is 5.50. The Balaban J connectivity index is 1.93. The molecular weight excluding hydrogens is 246 g/mol. The van der Waals surface area contributed by atoms with Crippen molar-refractivity contribution in [3.63, 3.8) is 0 Å². The predicted octanol–water partition coefficient (Wildman–Crippen LogP) is 3.02. The van der Waals surface area contributed by atoms with Gasteiger partial charge in [0.25, 0.3) is 0 Å². The first-order valence-electron chi connectivity index (χ1n) is 7.25. The van der Waals surface area contributed by atoms with E-state index >= 15 is 0 Å². The smallest absolute Gasteiger partial charge is 0.133 e. The Labute approximate surface area is 120 Å². The third-order valence-corrected chi connectivity index (χ3v) is 3.77. The lowest BCUT2D eigenvalue weighted by Gasteiger charge is -2.26. The molecule has 1 aliphatic carbocycles. The predicted molar refractivity (Wildman–Crippen MR) is 82.5 cm³/mol. The van der Waals surface area contributed by atoms with Crippen molar-refractivity contribution in [2.45, 2.75) is 38.9 Å².